The Bertz CT molecular complexity index is 900. The summed E-state index contributed by atoms with van der Waals surface area (Å²) in [4.78, 5) is 41.8. The number of carbonyl (C=O) groups excluding carboxylic acids is 1. The van der Waals surface area contributed by atoms with Gasteiger partial charge in [-0.25, -0.2) is 4.79 Å². The third kappa shape index (κ3) is 4.45. The topological polar surface area (TPSA) is 101 Å². The number of hydrogen-bond donors (Lipinski definition) is 2. The molecule has 0 saturated heterocycles. The van der Waals surface area contributed by atoms with E-state index in [0.717, 1.165) is 10.2 Å². The molecule has 0 bridgehead atoms. The molecule has 0 fully saturated rings. The zero-order valence-electron chi connectivity index (χ0n) is 15.0. The number of H-pyrrole nitrogens is 1. The van der Waals surface area contributed by atoms with Crippen LogP contribution in [-0.4, -0.2) is 22.0 Å². The van der Waals surface area contributed by atoms with Gasteiger partial charge in [-0.1, -0.05) is 27.2 Å². The first-order valence-corrected chi connectivity index (χ1v) is 10.1. The minimum Gasteiger partial charge on any atom is -0.383 e. The van der Waals surface area contributed by atoms with Gasteiger partial charge in [0.05, 0.1) is 8.66 Å². The van der Waals surface area contributed by atoms with Crippen LogP contribution in [0.4, 0.5) is 11.5 Å². The van der Waals surface area contributed by atoms with E-state index in [1.807, 2.05) is 20.8 Å². The maximum atomic E-state index is 13.0. The smallest absolute Gasteiger partial charge is 0.330 e. The summed E-state index contributed by atoms with van der Waals surface area (Å²) in [6.07, 6.45) is 1.56. The molecule has 0 saturated carbocycles. The Hall–Kier alpha value is -1.87. The number of hydrogen-bond acceptors (Lipinski definition) is 5. The fraction of sp³-hybridized carbons (Fsp3) is 0.471. The molecule has 26 heavy (non-hydrogen) atoms. The lowest BCUT2D eigenvalue weighted by atomic mass is 10.2. The molecular weight excluding hydrogens is 420 g/mol. The summed E-state index contributed by atoms with van der Waals surface area (Å²) in [6, 6.07) is 3.48. The SMILES string of the molecule is CCCCN(C(=O)c1ccc(Br)s1)c1c(N)n(CC(C)C)c(=O)[nH]c1=O. The van der Waals surface area contributed by atoms with Gasteiger partial charge in [0, 0.05) is 13.1 Å². The highest BCUT2D eigenvalue weighted by Gasteiger charge is 2.26. The van der Waals surface area contributed by atoms with Crippen molar-refractivity contribution in [3.05, 3.63) is 41.6 Å². The number of carbonyl (C=O) groups is 1. The second kappa shape index (κ2) is 8.68. The molecule has 0 aliphatic carbocycles. The molecule has 0 spiro atoms. The highest BCUT2D eigenvalue weighted by Crippen LogP contribution is 2.26. The van der Waals surface area contributed by atoms with Crippen LogP contribution in [0.5, 0.6) is 0 Å². The van der Waals surface area contributed by atoms with Crippen LogP contribution in [0.1, 0.15) is 43.3 Å². The summed E-state index contributed by atoms with van der Waals surface area (Å²) in [5.74, 6) is -0.129. The van der Waals surface area contributed by atoms with Crippen LogP contribution in [0.25, 0.3) is 0 Å². The van der Waals surface area contributed by atoms with Crippen molar-refractivity contribution in [2.24, 2.45) is 5.92 Å². The van der Waals surface area contributed by atoms with Gasteiger partial charge >= 0.3 is 5.69 Å². The third-order valence-electron chi connectivity index (χ3n) is 3.80. The Morgan fingerprint density at radius 3 is 2.62 bits per heavy atom. The number of anilines is 2. The lowest BCUT2D eigenvalue weighted by molar-refractivity contribution is 0.0990. The summed E-state index contributed by atoms with van der Waals surface area (Å²) >= 11 is 4.63. The van der Waals surface area contributed by atoms with Crippen molar-refractivity contribution in [1.29, 1.82) is 0 Å². The van der Waals surface area contributed by atoms with E-state index in [1.54, 1.807) is 12.1 Å². The van der Waals surface area contributed by atoms with Crippen LogP contribution in [0.3, 0.4) is 0 Å². The van der Waals surface area contributed by atoms with Crippen molar-refractivity contribution < 1.29 is 4.79 Å². The number of amides is 1. The summed E-state index contributed by atoms with van der Waals surface area (Å²) in [6.45, 7) is 6.59. The van der Waals surface area contributed by atoms with Crippen LogP contribution in [0.2, 0.25) is 0 Å². The second-order valence-corrected chi connectivity index (χ2v) is 8.87. The zero-order chi connectivity index (χ0) is 19.4. The molecule has 2 aromatic rings. The van der Waals surface area contributed by atoms with Crippen LogP contribution in [0.15, 0.2) is 25.5 Å². The Balaban J connectivity index is 2.59. The molecule has 1 amide bonds. The van der Waals surface area contributed by atoms with E-state index in [-0.39, 0.29) is 23.3 Å². The first-order chi connectivity index (χ1) is 12.3. The highest BCUT2D eigenvalue weighted by atomic mass is 79.9. The van der Waals surface area contributed by atoms with Crippen molar-refractivity contribution in [2.45, 2.75) is 40.2 Å². The molecule has 0 atom stereocenters. The predicted molar refractivity (Wildman–Crippen MR) is 109 cm³/mol. The van der Waals surface area contributed by atoms with Crippen LogP contribution >= 0.6 is 27.3 Å². The Morgan fingerprint density at radius 1 is 1.38 bits per heavy atom. The van der Waals surface area contributed by atoms with Crippen molar-refractivity contribution in [3.63, 3.8) is 0 Å². The number of halogens is 1. The quantitative estimate of drug-likeness (QED) is 0.687. The standard InChI is InChI=1S/C17H23BrN4O3S/c1-4-5-8-21(16(24)11-6-7-12(18)26-11)13-14(19)22(9-10(2)3)17(25)20-15(13)23/h6-7,10H,4-5,8-9,19H2,1-3H3,(H,20,23,25). The maximum Gasteiger partial charge on any atom is 0.330 e. The van der Waals surface area contributed by atoms with Crippen LogP contribution in [0, 0.1) is 5.92 Å². The number of nitrogen functional groups attached to an aromatic ring is 1. The van der Waals surface area contributed by atoms with E-state index < -0.39 is 11.2 Å². The molecule has 2 aromatic heterocycles. The molecular formula is C17H23BrN4O3S. The average molecular weight is 443 g/mol. The van der Waals surface area contributed by atoms with Gasteiger partial charge in [-0.15, -0.1) is 11.3 Å². The predicted octanol–water partition coefficient (Wildman–Crippen LogP) is 3.05. The molecule has 2 rings (SSSR count). The third-order valence-corrected chi connectivity index (χ3v) is 5.41. The monoisotopic (exact) mass is 442 g/mol. The van der Waals surface area contributed by atoms with E-state index in [9.17, 15) is 14.4 Å². The Kier molecular flexibility index (Phi) is 6.82. The lowest BCUT2D eigenvalue weighted by Gasteiger charge is -2.24. The molecule has 0 radical (unpaired) electrons. The fourth-order valence-electron chi connectivity index (χ4n) is 2.58. The Morgan fingerprint density at radius 2 is 2.08 bits per heavy atom. The maximum absolute atomic E-state index is 13.0. The minimum absolute atomic E-state index is 0.0209. The molecule has 3 N–H and O–H groups in total. The van der Waals surface area contributed by atoms with Gasteiger partial charge in [0.1, 0.15) is 5.82 Å². The number of aromatic nitrogens is 2. The average Bonchev–Trinajstić information content (AvgIpc) is 3.00. The summed E-state index contributed by atoms with van der Waals surface area (Å²) in [5.41, 5.74) is 5.00. The van der Waals surface area contributed by atoms with E-state index >= 15 is 0 Å². The first kappa shape index (κ1) is 20.4. The van der Waals surface area contributed by atoms with Gasteiger partial charge in [-0.3, -0.25) is 24.0 Å². The van der Waals surface area contributed by atoms with Gasteiger partial charge in [0.25, 0.3) is 11.5 Å². The molecule has 7 nitrogen and oxygen atoms in total. The van der Waals surface area contributed by atoms with Crippen molar-refractivity contribution >= 4 is 44.7 Å². The highest BCUT2D eigenvalue weighted by molar-refractivity contribution is 9.11. The second-order valence-electron chi connectivity index (χ2n) is 6.41. The number of rotatable bonds is 7. The summed E-state index contributed by atoms with van der Waals surface area (Å²) in [7, 11) is 0. The van der Waals surface area contributed by atoms with Crippen LogP contribution < -0.4 is 21.9 Å². The van der Waals surface area contributed by atoms with Gasteiger partial charge in [-0.05, 0) is 40.4 Å². The number of unbranched alkanes of at least 4 members (excludes halogenated alkanes) is 1. The number of nitrogens with one attached hydrogen (secondary N) is 1. The van der Waals surface area contributed by atoms with Gasteiger partial charge < -0.3 is 5.73 Å². The van der Waals surface area contributed by atoms with E-state index in [1.165, 1.54) is 20.8 Å². The first-order valence-electron chi connectivity index (χ1n) is 8.46. The number of nitrogens with two attached hydrogens (primary N) is 1. The molecule has 9 heteroatoms. The Labute approximate surface area is 164 Å². The van der Waals surface area contributed by atoms with E-state index in [2.05, 4.69) is 20.9 Å². The van der Waals surface area contributed by atoms with Crippen LogP contribution in [-0.2, 0) is 6.54 Å². The number of nitrogens with zero attached hydrogens (tertiary/aromatic N) is 2. The largest absolute Gasteiger partial charge is 0.383 e. The number of thiophene rings is 1. The molecule has 0 aliphatic rings. The van der Waals surface area contributed by atoms with E-state index in [0.29, 0.717) is 24.4 Å². The molecule has 0 aliphatic heterocycles. The molecule has 0 unspecified atom stereocenters. The molecule has 142 valence electrons. The summed E-state index contributed by atoms with van der Waals surface area (Å²) < 4.78 is 2.14. The molecule has 0 aromatic carbocycles. The lowest BCUT2D eigenvalue weighted by Crippen LogP contribution is -2.41. The van der Waals surface area contributed by atoms with Crippen molar-refractivity contribution in [2.75, 3.05) is 17.2 Å². The normalized spacial score (nSPS) is 11.1. The van der Waals surface area contributed by atoms with Gasteiger partial charge in [0.2, 0.25) is 0 Å². The minimum atomic E-state index is -0.646. The van der Waals surface area contributed by atoms with E-state index in [4.69, 9.17) is 5.73 Å². The van der Waals surface area contributed by atoms with Gasteiger partial charge in [-0.2, -0.15) is 0 Å². The molecule has 2 heterocycles. The fourth-order valence-corrected chi connectivity index (χ4v) is 3.91. The zero-order valence-corrected chi connectivity index (χ0v) is 17.4. The van der Waals surface area contributed by atoms with Crippen molar-refractivity contribution in [1.82, 2.24) is 9.55 Å². The summed E-state index contributed by atoms with van der Waals surface area (Å²) in [5, 5.41) is 0. The van der Waals surface area contributed by atoms with Crippen molar-refractivity contribution in [3.8, 4) is 0 Å². The van der Waals surface area contributed by atoms with Gasteiger partial charge in [0.15, 0.2) is 5.69 Å². The number of aromatic amines is 1.